The minimum absolute atomic E-state index is 0.145. The van der Waals surface area contributed by atoms with Crippen LogP contribution in [-0.4, -0.2) is 16.9 Å². The third kappa shape index (κ3) is 5.00. The van der Waals surface area contributed by atoms with Crippen LogP contribution < -0.4 is 15.2 Å². The monoisotopic (exact) mass is 461 g/mol. The molecule has 4 aromatic rings. The van der Waals surface area contributed by atoms with Gasteiger partial charge in [0, 0.05) is 0 Å². The highest BCUT2D eigenvalue weighted by atomic mass is 16.5. The number of nitrogens with two attached hydrogens (primary N) is 1. The molecule has 0 saturated heterocycles. The smallest absolute Gasteiger partial charge is 0.161 e. The first-order valence-corrected chi connectivity index (χ1v) is 10.9. The maximum absolute atomic E-state index is 9.87. The second-order valence-electron chi connectivity index (χ2n) is 7.82. The Hall–Kier alpha value is -5.01. The van der Waals surface area contributed by atoms with Gasteiger partial charge in [-0.25, -0.2) is 4.68 Å². The van der Waals surface area contributed by atoms with Crippen molar-refractivity contribution in [3.8, 4) is 29.3 Å². The minimum Gasteiger partial charge on any atom is -0.493 e. The van der Waals surface area contributed by atoms with Crippen LogP contribution in [0.3, 0.4) is 0 Å². The quantitative estimate of drug-likeness (QED) is 0.375. The van der Waals surface area contributed by atoms with E-state index in [0.717, 1.165) is 5.56 Å². The zero-order valence-electron chi connectivity index (χ0n) is 19.4. The highest BCUT2D eigenvalue weighted by molar-refractivity contribution is 5.91. The van der Waals surface area contributed by atoms with Gasteiger partial charge >= 0.3 is 0 Å². The molecule has 7 heteroatoms. The molecule has 0 bridgehead atoms. The molecule has 4 rings (SSSR count). The van der Waals surface area contributed by atoms with E-state index in [1.165, 1.54) is 10.2 Å². The van der Waals surface area contributed by atoms with E-state index in [1.807, 2.05) is 67.6 Å². The van der Waals surface area contributed by atoms with Gasteiger partial charge in [0.1, 0.15) is 35.8 Å². The van der Waals surface area contributed by atoms with Crippen molar-refractivity contribution in [2.75, 3.05) is 12.8 Å². The first-order valence-electron chi connectivity index (χ1n) is 10.9. The number of rotatable bonds is 7. The van der Waals surface area contributed by atoms with Crippen LogP contribution in [0.1, 0.15) is 27.9 Å². The highest BCUT2D eigenvalue weighted by Gasteiger charge is 2.20. The fraction of sp³-hybridized carbons (Fsp3) is 0.107. The van der Waals surface area contributed by atoms with Crippen molar-refractivity contribution < 1.29 is 9.47 Å². The van der Waals surface area contributed by atoms with Crippen LogP contribution in [-0.2, 0) is 6.61 Å². The Morgan fingerprint density at radius 2 is 1.77 bits per heavy atom. The van der Waals surface area contributed by atoms with E-state index in [-0.39, 0.29) is 22.6 Å². The Balaban J connectivity index is 1.65. The van der Waals surface area contributed by atoms with Gasteiger partial charge in [-0.15, -0.1) is 0 Å². The molecule has 0 atom stereocenters. The number of allylic oxidation sites excluding steroid dienone is 1. The number of nitrogens with zero attached hydrogens (tertiary/aromatic N) is 4. The minimum atomic E-state index is 0.145. The fourth-order valence-electron chi connectivity index (χ4n) is 3.55. The number of aryl methyl sites for hydroxylation is 1. The SMILES string of the molecule is COc1cc(/C=C(\C#N)c2nn(-c3ccccc3)c(N)c2C#N)ccc1OCc1ccc(C)cc1. The first kappa shape index (κ1) is 23.2. The van der Waals surface area contributed by atoms with E-state index >= 15 is 0 Å². The molecule has 0 aliphatic rings. The van der Waals surface area contributed by atoms with Crippen LogP contribution in [0.4, 0.5) is 5.82 Å². The van der Waals surface area contributed by atoms with Crippen LogP contribution in [0.15, 0.2) is 72.8 Å². The highest BCUT2D eigenvalue weighted by Crippen LogP contribution is 2.32. The number of anilines is 1. The lowest BCUT2D eigenvalue weighted by Crippen LogP contribution is -2.02. The van der Waals surface area contributed by atoms with Gasteiger partial charge in [0.15, 0.2) is 11.5 Å². The largest absolute Gasteiger partial charge is 0.493 e. The van der Waals surface area contributed by atoms with Crippen LogP contribution in [0.2, 0.25) is 0 Å². The molecule has 0 spiro atoms. The van der Waals surface area contributed by atoms with Gasteiger partial charge < -0.3 is 15.2 Å². The van der Waals surface area contributed by atoms with Crippen LogP contribution in [0, 0.1) is 29.6 Å². The number of methoxy groups -OCH3 is 1. The lowest BCUT2D eigenvalue weighted by atomic mass is 10.1. The number of nitrogen functional groups attached to an aromatic ring is 1. The summed E-state index contributed by atoms with van der Waals surface area (Å²) in [6.07, 6.45) is 1.64. The van der Waals surface area contributed by atoms with Crippen LogP contribution in [0.25, 0.3) is 17.3 Å². The van der Waals surface area contributed by atoms with Gasteiger partial charge in [-0.05, 0) is 48.4 Å². The number of ether oxygens (including phenoxy) is 2. The lowest BCUT2D eigenvalue weighted by Gasteiger charge is -2.12. The molecule has 35 heavy (non-hydrogen) atoms. The van der Waals surface area contributed by atoms with Crippen molar-refractivity contribution in [3.63, 3.8) is 0 Å². The van der Waals surface area contributed by atoms with Crippen molar-refractivity contribution in [3.05, 3.63) is 101 Å². The summed E-state index contributed by atoms with van der Waals surface area (Å²) in [7, 11) is 1.56. The van der Waals surface area contributed by atoms with Crippen molar-refractivity contribution in [1.29, 1.82) is 10.5 Å². The molecule has 3 aromatic carbocycles. The summed E-state index contributed by atoms with van der Waals surface area (Å²) in [6, 6.07) is 26.9. The predicted molar refractivity (Wildman–Crippen MR) is 135 cm³/mol. The van der Waals surface area contributed by atoms with Gasteiger partial charge in [0.2, 0.25) is 0 Å². The van der Waals surface area contributed by atoms with E-state index in [1.54, 1.807) is 25.3 Å². The number of hydrogen-bond donors (Lipinski definition) is 1. The number of aromatic nitrogens is 2. The van der Waals surface area contributed by atoms with Gasteiger partial charge in [-0.3, -0.25) is 0 Å². The fourth-order valence-corrected chi connectivity index (χ4v) is 3.55. The van der Waals surface area contributed by atoms with Gasteiger partial charge in [0.05, 0.1) is 18.4 Å². The summed E-state index contributed by atoms with van der Waals surface area (Å²) in [6.45, 7) is 2.44. The van der Waals surface area contributed by atoms with Crippen molar-refractivity contribution in [2.45, 2.75) is 13.5 Å². The first-order chi connectivity index (χ1) is 17.0. The Labute approximate surface area is 203 Å². The van der Waals surface area contributed by atoms with E-state index in [2.05, 4.69) is 17.2 Å². The molecule has 0 amide bonds. The van der Waals surface area contributed by atoms with Gasteiger partial charge in [-0.2, -0.15) is 15.6 Å². The molecular formula is C28H23N5O2. The molecule has 0 aliphatic carbocycles. The zero-order chi connectivity index (χ0) is 24.8. The lowest BCUT2D eigenvalue weighted by molar-refractivity contribution is 0.284. The molecule has 1 heterocycles. The van der Waals surface area contributed by atoms with E-state index in [0.29, 0.717) is 29.4 Å². The third-order valence-electron chi connectivity index (χ3n) is 5.42. The molecule has 2 N–H and O–H groups in total. The van der Waals surface area contributed by atoms with Crippen LogP contribution >= 0.6 is 0 Å². The average Bonchev–Trinajstić information content (AvgIpc) is 3.23. The summed E-state index contributed by atoms with van der Waals surface area (Å²) in [5.74, 6) is 1.28. The topological polar surface area (TPSA) is 110 Å². The van der Waals surface area contributed by atoms with E-state index < -0.39 is 0 Å². The Morgan fingerprint density at radius 1 is 1.03 bits per heavy atom. The van der Waals surface area contributed by atoms with Gasteiger partial charge in [0.25, 0.3) is 0 Å². The zero-order valence-corrected chi connectivity index (χ0v) is 19.4. The standard InChI is InChI=1S/C28H23N5O2/c1-19-8-10-20(11-9-19)18-35-25-13-12-21(15-26(25)34-2)14-22(16-29)27-24(17-30)28(31)33(32-27)23-6-4-3-5-7-23/h3-15H,18,31H2,1-2H3/b22-14+. The second kappa shape index (κ2) is 10.3. The number of benzene rings is 3. The summed E-state index contributed by atoms with van der Waals surface area (Å²) in [5.41, 5.74) is 10.4. The molecule has 7 nitrogen and oxygen atoms in total. The van der Waals surface area contributed by atoms with E-state index in [9.17, 15) is 10.5 Å². The molecule has 0 unspecified atom stereocenters. The summed E-state index contributed by atoms with van der Waals surface area (Å²) in [5, 5.41) is 24.0. The molecular weight excluding hydrogens is 438 g/mol. The number of hydrogen-bond acceptors (Lipinski definition) is 6. The Kier molecular flexibility index (Phi) is 6.81. The average molecular weight is 462 g/mol. The maximum Gasteiger partial charge on any atom is 0.161 e. The van der Waals surface area contributed by atoms with E-state index in [4.69, 9.17) is 15.2 Å². The summed E-state index contributed by atoms with van der Waals surface area (Å²) in [4.78, 5) is 0. The number of nitriles is 2. The van der Waals surface area contributed by atoms with Crippen molar-refractivity contribution in [2.24, 2.45) is 0 Å². The molecule has 1 aromatic heterocycles. The molecule has 0 aliphatic heterocycles. The molecule has 172 valence electrons. The summed E-state index contributed by atoms with van der Waals surface area (Å²) >= 11 is 0. The second-order valence-corrected chi connectivity index (χ2v) is 7.82. The third-order valence-corrected chi connectivity index (χ3v) is 5.42. The predicted octanol–water partition coefficient (Wildman–Crippen LogP) is 5.29. The summed E-state index contributed by atoms with van der Waals surface area (Å²) < 4.78 is 12.9. The van der Waals surface area contributed by atoms with Gasteiger partial charge in [-0.1, -0.05) is 54.1 Å². The Bertz CT molecular complexity index is 1460. The van der Waals surface area contributed by atoms with Crippen LogP contribution in [0.5, 0.6) is 11.5 Å². The van der Waals surface area contributed by atoms with Crippen molar-refractivity contribution in [1.82, 2.24) is 9.78 Å². The normalized spacial score (nSPS) is 10.9. The van der Waals surface area contributed by atoms with Crippen molar-refractivity contribution >= 4 is 17.5 Å². The Morgan fingerprint density at radius 3 is 2.43 bits per heavy atom. The molecule has 0 saturated carbocycles. The molecule has 0 radical (unpaired) electrons. The molecule has 0 fully saturated rings. The number of para-hydroxylation sites is 1. The maximum atomic E-state index is 9.87.